The molecule has 3 heterocycles. The Morgan fingerprint density at radius 2 is 0.864 bits per heavy atom. The number of hydrogen-bond donors (Lipinski definition) is 0. The number of hydrogen-bond acceptors (Lipinski definition) is 8. The van der Waals surface area contributed by atoms with E-state index in [-0.39, 0.29) is 11.1 Å². The number of rotatable bonds is 2. The highest BCUT2D eigenvalue weighted by molar-refractivity contribution is 6.07. The van der Waals surface area contributed by atoms with Crippen molar-refractivity contribution in [3.05, 3.63) is 119 Å². The Balaban J connectivity index is 1.48. The Kier molecular flexibility index (Phi) is 5.85. The second kappa shape index (κ2) is 9.89. The number of nitrogens with zero attached hydrogens (tertiary/aromatic N) is 8. The van der Waals surface area contributed by atoms with Crippen molar-refractivity contribution < 1.29 is 8.78 Å². The zero-order valence-electron chi connectivity index (χ0n) is 22.3. The van der Waals surface area contributed by atoms with Crippen molar-refractivity contribution in [1.29, 1.82) is 21.0 Å². The molecule has 44 heavy (non-hydrogen) atoms. The monoisotopic (exact) mass is 570 g/mol. The molecule has 0 atom stereocenters. The minimum Gasteiger partial charge on any atom is -0.243 e. The minimum absolute atomic E-state index is 0.170. The van der Waals surface area contributed by atoms with Gasteiger partial charge in [-0.25, -0.2) is 19.9 Å². The fraction of sp³-hybridized carbons (Fsp3) is 0. The van der Waals surface area contributed by atoms with E-state index in [0.29, 0.717) is 78.4 Å². The first-order chi connectivity index (χ1) is 21.4. The summed E-state index contributed by atoms with van der Waals surface area (Å²) in [5, 5.41) is 39.6. The summed E-state index contributed by atoms with van der Waals surface area (Å²) < 4.78 is 27.0. The van der Waals surface area contributed by atoms with Crippen LogP contribution in [0.4, 0.5) is 8.78 Å². The SMILES string of the molecule is N#CC(C#N)=C1c2cc(-c3ccc(F)nc3)ccc2-c2nc3c(nc21)-c1ccc(-c2ccc(F)nc2)cc1C3=C(C#N)C#N. The first kappa shape index (κ1) is 26.0. The van der Waals surface area contributed by atoms with Crippen molar-refractivity contribution in [3.63, 3.8) is 0 Å². The first-order valence-electron chi connectivity index (χ1n) is 13.0. The summed E-state index contributed by atoms with van der Waals surface area (Å²) in [7, 11) is 0. The maximum Gasteiger partial charge on any atom is 0.212 e. The highest BCUT2D eigenvalue weighted by Crippen LogP contribution is 2.51. The lowest BCUT2D eigenvalue weighted by Gasteiger charge is -2.07. The third kappa shape index (κ3) is 3.84. The molecule has 202 valence electrons. The molecule has 2 aliphatic rings. The normalized spacial score (nSPS) is 11.7. The molecule has 0 saturated carbocycles. The van der Waals surface area contributed by atoms with E-state index in [1.807, 2.05) is 24.3 Å². The smallest absolute Gasteiger partial charge is 0.212 e. The van der Waals surface area contributed by atoms with E-state index in [4.69, 9.17) is 9.97 Å². The fourth-order valence-corrected chi connectivity index (χ4v) is 5.56. The molecule has 8 nitrogen and oxygen atoms in total. The van der Waals surface area contributed by atoms with Crippen LogP contribution in [0.5, 0.6) is 0 Å². The van der Waals surface area contributed by atoms with Crippen LogP contribution in [0.15, 0.2) is 84.2 Å². The van der Waals surface area contributed by atoms with Gasteiger partial charge in [0, 0.05) is 45.8 Å². The van der Waals surface area contributed by atoms with Gasteiger partial charge in [0.05, 0.1) is 11.4 Å². The number of allylic oxidation sites excluding steroid dienone is 2. The van der Waals surface area contributed by atoms with Gasteiger partial charge in [-0.1, -0.05) is 24.3 Å². The molecule has 0 fully saturated rings. The molecule has 0 amide bonds. The van der Waals surface area contributed by atoms with E-state index in [2.05, 4.69) is 9.97 Å². The first-order valence-corrected chi connectivity index (χ1v) is 13.0. The molecular weight excluding hydrogens is 558 g/mol. The van der Waals surface area contributed by atoms with Gasteiger partial charge in [-0.15, -0.1) is 0 Å². The Bertz CT molecular complexity index is 2130. The summed E-state index contributed by atoms with van der Waals surface area (Å²) in [5.41, 5.74) is 6.48. The summed E-state index contributed by atoms with van der Waals surface area (Å²) >= 11 is 0. The van der Waals surface area contributed by atoms with E-state index in [1.165, 1.54) is 24.5 Å². The predicted octanol–water partition coefficient (Wildman–Crippen LogP) is 6.54. The van der Waals surface area contributed by atoms with Gasteiger partial charge in [0.1, 0.15) is 46.8 Å². The molecular formula is C34H12F2N8. The van der Waals surface area contributed by atoms with Crippen molar-refractivity contribution in [2.45, 2.75) is 0 Å². The number of pyridine rings is 2. The van der Waals surface area contributed by atoms with Crippen LogP contribution in [0.25, 0.3) is 55.9 Å². The van der Waals surface area contributed by atoms with Crippen molar-refractivity contribution in [3.8, 4) is 69.0 Å². The zero-order valence-corrected chi connectivity index (χ0v) is 22.3. The van der Waals surface area contributed by atoms with Crippen LogP contribution < -0.4 is 0 Å². The average Bonchev–Trinajstić information content (AvgIpc) is 3.53. The fourth-order valence-electron chi connectivity index (χ4n) is 5.56. The number of fused-ring (bicyclic) bond motifs is 6. The molecule has 0 N–H and O–H groups in total. The standard InChI is InChI=1S/C34H12F2N8/c35-27-7-3-19(15-41-27)17-1-5-23-25(9-17)29(21(11-37)12-38)33-31(23)43-34-30(22(13-39)14-40)26-10-18(2-6-24(26)32(34)44-33)20-4-8-28(36)42-16-20/h1-10,15-16H. The van der Waals surface area contributed by atoms with Crippen LogP contribution in [-0.4, -0.2) is 19.9 Å². The van der Waals surface area contributed by atoms with Crippen LogP contribution in [0.3, 0.4) is 0 Å². The molecule has 0 radical (unpaired) electrons. The Morgan fingerprint density at radius 3 is 1.20 bits per heavy atom. The van der Waals surface area contributed by atoms with E-state index in [1.54, 1.807) is 48.5 Å². The van der Waals surface area contributed by atoms with Crippen molar-refractivity contribution >= 4 is 11.1 Å². The van der Waals surface area contributed by atoms with Gasteiger partial charge in [0.15, 0.2) is 0 Å². The molecule has 3 aromatic heterocycles. The van der Waals surface area contributed by atoms with Gasteiger partial charge in [0.25, 0.3) is 0 Å². The third-order valence-electron chi connectivity index (χ3n) is 7.53. The highest BCUT2D eigenvalue weighted by atomic mass is 19.1. The Hall–Kier alpha value is -6.88. The van der Waals surface area contributed by atoms with E-state index >= 15 is 0 Å². The van der Waals surface area contributed by atoms with Crippen LogP contribution in [0, 0.1) is 57.2 Å². The molecule has 10 heteroatoms. The maximum atomic E-state index is 13.5. The number of halogens is 2. The van der Waals surface area contributed by atoms with Crippen molar-refractivity contribution in [2.75, 3.05) is 0 Å². The van der Waals surface area contributed by atoms with Crippen LogP contribution >= 0.6 is 0 Å². The van der Waals surface area contributed by atoms with Crippen molar-refractivity contribution in [1.82, 2.24) is 19.9 Å². The molecule has 0 unspecified atom stereocenters. The lowest BCUT2D eigenvalue weighted by molar-refractivity contribution is 0.583. The van der Waals surface area contributed by atoms with Gasteiger partial charge < -0.3 is 0 Å². The van der Waals surface area contributed by atoms with E-state index in [9.17, 15) is 29.8 Å². The second-order valence-corrected chi connectivity index (χ2v) is 9.83. The molecule has 0 aliphatic heterocycles. The Morgan fingerprint density at radius 1 is 0.477 bits per heavy atom. The van der Waals surface area contributed by atoms with Gasteiger partial charge >= 0.3 is 0 Å². The molecule has 5 aromatic rings. The van der Waals surface area contributed by atoms with E-state index in [0.717, 1.165) is 0 Å². The molecule has 7 rings (SSSR count). The topological polar surface area (TPSA) is 147 Å². The van der Waals surface area contributed by atoms with Gasteiger partial charge in [-0.2, -0.15) is 29.8 Å². The average molecular weight is 571 g/mol. The summed E-state index contributed by atoms with van der Waals surface area (Å²) in [6, 6.07) is 24.2. The summed E-state index contributed by atoms with van der Waals surface area (Å²) in [4.78, 5) is 17.3. The third-order valence-corrected chi connectivity index (χ3v) is 7.53. The molecule has 2 aromatic carbocycles. The second-order valence-electron chi connectivity index (χ2n) is 9.83. The number of benzene rings is 2. The zero-order chi connectivity index (χ0) is 30.5. The molecule has 0 saturated heterocycles. The van der Waals surface area contributed by atoms with Crippen LogP contribution in [0.2, 0.25) is 0 Å². The largest absolute Gasteiger partial charge is 0.243 e. The lowest BCUT2D eigenvalue weighted by atomic mass is 9.96. The highest BCUT2D eigenvalue weighted by Gasteiger charge is 2.36. The van der Waals surface area contributed by atoms with E-state index < -0.39 is 11.9 Å². The number of aromatic nitrogens is 4. The minimum atomic E-state index is -0.623. The van der Waals surface area contributed by atoms with Gasteiger partial charge in [-0.3, -0.25) is 0 Å². The lowest BCUT2D eigenvalue weighted by Crippen LogP contribution is -1.98. The summed E-state index contributed by atoms with van der Waals surface area (Å²) in [6.45, 7) is 0. The molecule has 0 spiro atoms. The van der Waals surface area contributed by atoms with Crippen LogP contribution in [0.1, 0.15) is 22.5 Å². The van der Waals surface area contributed by atoms with Gasteiger partial charge in [0.2, 0.25) is 11.9 Å². The molecule has 0 bridgehead atoms. The summed E-state index contributed by atoms with van der Waals surface area (Å²) in [5.74, 6) is -1.25. The van der Waals surface area contributed by atoms with Crippen LogP contribution in [-0.2, 0) is 0 Å². The number of nitriles is 4. The predicted molar refractivity (Wildman–Crippen MR) is 154 cm³/mol. The quantitative estimate of drug-likeness (QED) is 0.168. The molecule has 2 aliphatic carbocycles. The maximum absolute atomic E-state index is 13.5. The van der Waals surface area contributed by atoms with Crippen molar-refractivity contribution in [2.24, 2.45) is 0 Å². The van der Waals surface area contributed by atoms with Gasteiger partial charge in [-0.05, 0) is 58.7 Å². The Labute approximate surface area is 248 Å². The summed E-state index contributed by atoms with van der Waals surface area (Å²) in [6.07, 6.45) is 2.78.